The summed E-state index contributed by atoms with van der Waals surface area (Å²) in [6, 6.07) is 9.71. The van der Waals surface area contributed by atoms with Crippen LogP contribution in [0.15, 0.2) is 43.0 Å². The molecule has 0 heterocycles. The molecule has 3 heteroatoms. The van der Waals surface area contributed by atoms with Gasteiger partial charge in [0.1, 0.15) is 0 Å². The van der Waals surface area contributed by atoms with Gasteiger partial charge in [0.15, 0.2) is 0 Å². The lowest BCUT2D eigenvalue weighted by molar-refractivity contribution is -0.123. The summed E-state index contributed by atoms with van der Waals surface area (Å²) in [5.74, 6) is 0.475. The van der Waals surface area contributed by atoms with Crippen LogP contribution in [0.3, 0.4) is 0 Å². The van der Waals surface area contributed by atoms with E-state index in [0.717, 1.165) is 0 Å². The predicted molar refractivity (Wildman–Crippen MR) is 72.8 cm³/mol. The van der Waals surface area contributed by atoms with Gasteiger partial charge in [0.05, 0.1) is 12.1 Å². The molecule has 3 nitrogen and oxygen atoms in total. The minimum absolute atomic E-state index is 0.0874. The quantitative estimate of drug-likeness (QED) is 0.753. The van der Waals surface area contributed by atoms with E-state index < -0.39 is 6.04 Å². The van der Waals surface area contributed by atoms with Crippen LogP contribution in [0.2, 0.25) is 0 Å². The Balaban J connectivity index is 2.03. The van der Waals surface area contributed by atoms with Crippen molar-refractivity contribution in [3.63, 3.8) is 0 Å². The fourth-order valence-electron chi connectivity index (χ4n) is 2.11. The Morgan fingerprint density at radius 3 is 2.67 bits per heavy atom. The summed E-state index contributed by atoms with van der Waals surface area (Å²) < 4.78 is 0. The van der Waals surface area contributed by atoms with Gasteiger partial charge in [-0.2, -0.15) is 0 Å². The number of amides is 1. The van der Waals surface area contributed by atoms with Crippen molar-refractivity contribution in [2.75, 3.05) is 0 Å². The third-order valence-electron chi connectivity index (χ3n) is 3.31. The van der Waals surface area contributed by atoms with Crippen LogP contribution in [0, 0.1) is 5.92 Å². The number of rotatable bonds is 6. The van der Waals surface area contributed by atoms with Crippen LogP contribution in [0.5, 0.6) is 0 Å². The molecule has 1 saturated carbocycles. The summed E-state index contributed by atoms with van der Waals surface area (Å²) in [4.78, 5) is 12.0. The molecule has 18 heavy (non-hydrogen) atoms. The normalized spacial score (nSPS) is 17.8. The van der Waals surface area contributed by atoms with Crippen molar-refractivity contribution in [3.8, 4) is 0 Å². The molecule has 0 spiro atoms. The lowest BCUT2D eigenvalue weighted by Crippen LogP contribution is -2.42. The number of carbonyl (C=O) groups is 1. The van der Waals surface area contributed by atoms with Crippen molar-refractivity contribution in [2.45, 2.75) is 31.3 Å². The Hall–Kier alpha value is -1.61. The highest BCUT2D eigenvalue weighted by Gasteiger charge is 2.33. The van der Waals surface area contributed by atoms with E-state index >= 15 is 0 Å². The van der Waals surface area contributed by atoms with Crippen molar-refractivity contribution < 1.29 is 4.79 Å². The lowest BCUT2D eigenvalue weighted by atomic mass is 10.0. The minimum Gasteiger partial charge on any atom is -0.348 e. The lowest BCUT2D eigenvalue weighted by Gasteiger charge is -2.20. The van der Waals surface area contributed by atoms with E-state index in [1.807, 2.05) is 18.2 Å². The van der Waals surface area contributed by atoms with E-state index in [2.05, 4.69) is 24.0 Å². The Bertz CT molecular complexity index is 412. The number of nitrogens with one attached hydrogen (secondary N) is 1. The SMILES string of the molecule is C=CCC(N)C(=O)NC(c1ccccc1)C1CC1. The molecule has 0 bridgehead atoms. The monoisotopic (exact) mass is 244 g/mol. The topological polar surface area (TPSA) is 55.1 Å². The van der Waals surface area contributed by atoms with Crippen LogP contribution in [0.25, 0.3) is 0 Å². The average Bonchev–Trinajstić information content (AvgIpc) is 3.21. The largest absolute Gasteiger partial charge is 0.348 e. The number of benzene rings is 1. The van der Waals surface area contributed by atoms with Crippen molar-refractivity contribution in [1.29, 1.82) is 0 Å². The molecule has 1 aliphatic rings. The molecule has 2 atom stereocenters. The minimum atomic E-state index is -0.493. The van der Waals surface area contributed by atoms with Crippen molar-refractivity contribution >= 4 is 5.91 Å². The zero-order valence-corrected chi connectivity index (χ0v) is 10.5. The van der Waals surface area contributed by atoms with Crippen molar-refractivity contribution in [1.82, 2.24) is 5.32 Å². The van der Waals surface area contributed by atoms with Crippen LogP contribution < -0.4 is 11.1 Å². The molecule has 1 fully saturated rings. The third-order valence-corrected chi connectivity index (χ3v) is 3.31. The maximum Gasteiger partial charge on any atom is 0.237 e. The van der Waals surface area contributed by atoms with Crippen LogP contribution in [-0.2, 0) is 4.79 Å². The standard InChI is InChI=1S/C15H20N2O/c1-2-6-13(16)15(18)17-14(12-9-10-12)11-7-4-3-5-8-11/h2-5,7-8,12-14H,1,6,9-10,16H2,(H,17,18). The molecule has 1 aromatic carbocycles. The van der Waals surface area contributed by atoms with Gasteiger partial charge in [0, 0.05) is 0 Å². The summed E-state index contributed by atoms with van der Waals surface area (Å²) in [7, 11) is 0. The van der Waals surface area contributed by atoms with Gasteiger partial charge in [0.25, 0.3) is 0 Å². The average molecular weight is 244 g/mol. The maximum atomic E-state index is 12.0. The Morgan fingerprint density at radius 2 is 2.11 bits per heavy atom. The zero-order valence-electron chi connectivity index (χ0n) is 10.5. The first-order valence-electron chi connectivity index (χ1n) is 6.44. The predicted octanol–water partition coefficient (Wildman–Crippen LogP) is 2.16. The number of nitrogens with two attached hydrogens (primary N) is 1. The first-order valence-corrected chi connectivity index (χ1v) is 6.44. The second-order valence-electron chi connectivity index (χ2n) is 4.87. The second kappa shape index (κ2) is 5.83. The van der Waals surface area contributed by atoms with E-state index in [1.165, 1.54) is 18.4 Å². The van der Waals surface area contributed by atoms with E-state index in [-0.39, 0.29) is 11.9 Å². The smallest absolute Gasteiger partial charge is 0.237 e. The van der Waals surface area contributed by atoms with Gasteiger partial charge in [-0.15, -0.1) is 6.58 Å². The molecule has 0 radical (unpaired) electrons. The highest BCUT2D eigenvalue weighted by Crippen LogP contribution is 2.40. The van der Waals surface area contributed by atoms with Crippen LogP contribution in [0.1, 0.15) is 30.9 Å². The molecule has 3 N–H and O–H groups in total. The Kier molecular flexibility index (Phi) is 4.15. The van der Waals surface area contributed by atoms with Crippen LogP contribution >= 0.6 is 0 Å². The van der Waals surface area contributed by atoms with Crippen LogP contribution in [0.4, 0.5) is 0 Å². The summed E-state index contributed by atoms with van der Waals surface area (Å²) >= 11 is 0. The highest BCUT2D eigenvalue weighted by atomic mass is 16.2. The van der Waals surface area contributed by atoms with Crippen molar-refractivity contribution in [2.24, 2.45) is 11.7 Å². The van der Waals surface area contributed by atoms with Gasteiger partial charge in [0.2, 0.25) is 5.91 Å². The third kappa shape index (κ3) is 3.20. The maximum absolute atomic E-state index is 12.0. The van der Waals surface area contributed by atoms with Gasteiger partial charge < -0.3 is 11.1 Å². The zero-order chi connectivity index (χ0) is 13.0. The molecule has 0 saturated heterocycles. The first-order chi connectivity index (χ1) is 8.72. The summed E-state index contributed by atoms with van der Waals surface area (Å²) in [5, 5.41) is 3.07. The molecule has 2 rings (SSSR count). The molecule has 1 aliphatic carbocycles. The van der Waals surface area contributed by atoms with E-state index in [1.54, 1.807) is 6.08 Å². The molecule has 2 unspecified atom stereocenters. The number of hydrogen-bond donors (Lipinski definition) is 2. The first kappa shape index (κ1) is 12.8. The number of carbonyl (C=O) groups excluding carboxylic acids is 1. The molecule has 1 aromatic rings. The summed E-state index contributed by atoms with van der Waals surface area (Å²) in [6.07, 6.45) is 4.55. The van der Waals surface area contributed by atoms with Gasteiger partial charge >= 0.3 is 0 Å². The second-order valence-corrected chi connectivity index (χ2v) is 4.87. The van der Waals surface area contributed by atoms with Gasteiger partial charge in [-0.3, -0.25) is 4.79 Å². The molecule has 1 amide bonds. The fraction of sp³-hybridized carbons (Fsp3) is 0.400. The summed E-state index contributed by atoms with van der Waals surface area (Å²) in [6.45, 7) is 3.61. The van der Waals surface area contributed by atoms with E-state index in [4.69, 9.17) is 5.73 Å². The molecule has 0 aromatic heterocycles. The van der Waals surface area contributed by atoms with Gasteiger partial charge in [-0.25, -0.2) is 0 Å². The van der Waals surface area contributed by atoms with Crippen LogP contribution in [-0.4, -0.2) is 11.9 Å². The molecule has 0 aliphatic heterocycles. The summed E-state index contributed by atoms with van der Waals surface area (Å²) in [5.41, 5.74) is 6.96. The molecule has 96 valence electrons. The van der Waals surface area contributed by atoms with Gasteiger partial charge in [-0.1, -0.05) is 36.4 Å². The highest BCUT2D eigenvalue weighted by molar-refractivity contribution is 5.82. The van der Waals surface area contributed by atoms with Crippen molar-refractivity contribution in [3.05, 3.63) is 48.6 Å². The Morgan fingerprint density at radius 1 is 1.44 bits per heavy atom. The van der Waals surface area contributed by atoms with E-state index in [0.29, 0.717) is 12.3 Å². The number of hydrogen-bond acceptors (Lipinski definition) is 2. The fourth-order valence-corrected chi connectivity index (χ4v) is 2.11. The van der Waals surface area contributed by atoms with E-state index in [9.17, 15) is 4.79 Å². The molecular weight excluding hydrogens is 224 g/mol. The Labute approximate surface area is 108 Å². The molecular formula is C15H20N2O. The van der Waals surface area contributed by atoms with Gasteiger partial charge in [-0.05, 0) is 30.7 Å².